The zero-order valence-electron chi connectivity index (χ0n) is 9.10. The first-order valence-corrected chi connectivity index (χ1v) is 5.44. The van der Waals surface area contributed by atoms with Crippen LogP contribution in [0.5, 0.6) is 0 Å². The van der Waals surface area contributed by atoms with E-state index < -0.39 is 11.8 Å². The third kappa shape index (κ3) is 2.81. The first-order valence-electron chi connectivity index (χ1n) is 5.06. The van der Waals surface area contributed by atoms with Gasteiger partial charge in [0.2, 0.25) is 0 Å². The van der Waals surface area contributed by atoms with Gasteiger partial charge in [0.05, 0.1) is 0 Å². The Balaban J connectivity index is 2.35. The number of carboxylic acids is 1. The molecule has 0 saturated carbocycles. The molecule has 2 rings (SSSR count). The number of carboxylic acid groups (broad SMARTS) is 1. The maximum Gasteiger partial charge on any atom is 0.354 e. The van der Waals surface area contributed by atoms with E-state index in [1.54, 1.807) is 18.2 Å². The largest absolute Gasteiger partial charge is 0.477 e. The van der Waals surface area contributed by atoms with Crippen LogP contribution in [0.2, 0.25) is 5.15 Å². The van der Waals surface area contributed by atoms with Gasteiger partial charge in [-0.15, -0.1) is 0 Å². The van der Waals surface area contributed by atoms with Gasteiger partial charge < -0.3 is 5.11 Å². The van der Waals surface area contributed by atoms with Gasteiger partial charge in [-0.25, -0.2) is 19.2 Å². The number of halogens is 2. The van der Waals surface area contributed by atoms with Crippen molar-refractivity contribution < 1.29 is 14.3 Å². The van der Waals surface area contributed by atoms with Gasteiger partial charge in [0.15, 0.2) is 5.69 Å². The van der Waals surface area contributed by atoms with Crippen molar-refractivity contribution in [2.75, 3.05) is 0 Å². The number of nitrogens with zero attached hydrogens (tertiary/aromatic N) is 2. The number of aromatic carboxylic acids is 1. The van der Waals surface area contributed by atoms with Crippen molar-refractivity contribution in [2.45, 2.75) is 6.42 Å². The molecule has 1 N–H and O–H groups in total. The van der Waals surface area contributed by atoms with E-state index in [4.69, 9.17) is 16.7 Å². The van der Waals surface area contributed by atoms with E-state index in [0.29, 0.717) is 5.56 Å². The number of rotatable bonds is 3. The minimum absolute atomic E-state index is 0.0220. The molecule has 6 heteroatoms. The molecule has 92 valence electrons. The zero-order chi connectivity index (χ0) is 13.1. The van der Waals surface area contributed by atoms with Crippen LogP contribution in [0.1, 0.15) is 21.9 Å². The molecule has 0 amide bonds. The SMILES string of the molecule is O=C(O)c1cc(Cl)nc(Cc2ccccc2F)n1. The summed E-state index contributed by atoms with van der Waals surface area (Å²) in [4.78, 5) is 18.5. The van der Waals surface area contributed by atoms with Crippen molar-refractivity contribution in [1.82, 2.24) is 9.97 Å². The van der Waals surface area contributed by atoms with Gasteiger partial charge in [0, 0.05) is 12.5 Å². The Bertz CT molecular complexity index is 604. The van der Waals surface area contributed by atoms with Gasteiger partial charge in [0.25, 0.3) is 0 Å². The van der Waals surface area contributed by atoms with Crippen molar-refractivity contribution in [3.05, 3.63) is 58.4 Å². The van der Waals surface area contributed by atoms with Gasteiger partial charge in [0.1, 0.15) is 16.8 Å². The second-order valence-corrected chi connectivity index (χ2v) is 3.95. The van der Waals surface area contributed by atoms with Crippen LogP contribution < -0.4 is 0 Å². The standard InChI is InChI=1S/C12H8ClFN2O2/c13-10-6-9(12(17)18)15-11(16-10)5-7-3-1-2-4-8(7)14/h1-4,6H,5H2,(H,17,18). The number of hydrogen-bond acceptors (Lipinski definition) is 3. The highest BCUT2D eigenvalue weighted by molar-refractivity contribution is 6.29. The second kappa shape index (κ2) is 5.10. The van der Waals surface area contributed by atoms with Gasteiger partial charge in [-0.2, -0.15) is 0 Å². The highest BCUT2D eigenvalue weighted by Crippen LogP contribution is 2.13. The zero-order valence-corrected chi connectivity index (χ0v) is 9.86. The lowest BCUT2D eigenvalue weighted by molar-refractivity contribution is 0.0690. The summed E-state index contributed by atoms with van der Waals surface area (Å²) in [7, 11) is 0. The highest BCUT2D eigenvalue weighted by atomic mass is 35.5. The van der Waals surface area contributed by atoms with E-state index in [0.717, 1.165) is 6.07 Å². The first kappa shape index (κ1) is 12.4. The Kier molecular flexibility index (Phi) is 3.53. The fourth-order valence-electron chi connectivity index (χ4n) is 1.47. The lowest BCUT2D eigenvalue weighted by atomic mass is 10.1. The van der Waals surface area contributed by atoms with Crippen molar-refractivity contribution in [2.24, 2.45) is 0 Å². The Morgan fingerprint density at radius 2 is 2.06 bits per heavy atom. The predicted octanol–water partition coefficient (Wildman–Crippen LogP) is 2.56. The van der Waals surface area contributed by atoms with Crippen LogP contribution in [0.3, 0.4) is 0 Å². The second-order valence-electron chi connectivity index (χ2n) is 3.57. The monoisotopic (exact) mass is 266 g/mol. The molecule has 2 aromatic rings. The predicted molar refractivity (Wildman–Crippen MR) is 63.2 cm³/mol. The van der Waals surface area contributed by atoms with Crippen LogP contribution in [-0.2, 0) is 6.42 Å². The molecule has 1 heterocycles. The summed E-state index contributed by atoms with van der Waals surface area (Å²) >= 11 is 5.69. The summed E-state index contributed by atoms with van der Waals surface area (Å²) in [6.45, 7) is 0. The summed E-state index contributed by atoms with van der Waals surface area (Å²) in [5.74, 6) is -1.42. The van der Waals surface area contributed by atoms with Crippen molar-refractivity contribution in [3.63, 3.8) is 0 Å². The normalized spacial score (nSPS) is 10.3. The van der Waals surface area contributed by atoms with Crippen molar-refractivity contribution in [1.29, 1.82) is 0 Å². The summed E-state index contributed by atoms with van der Waals surface area (Å²) in [5, 5.41) is 8.85. The molecule has 1 aromatic carbocycles. The number of aromatic nitrogens is 2. The summed E-state index contributed by atoms with van der Waals surface area (Å²) < 4.78 is 13.4. The molecule has 4 nitrogen and oxygen atoms in total. The topological polar surface area (TPSA) is 63.1 Å². The Morgan fingerprint density at radius 1 is 1.33 bits per heavy atom. The van der Waals surface area contributed by atoms with E-state index in [1.165, 1.54) is 6.07 Å². The minimum atomic E-state index is -1.20. The average molecular weight is 267 g/mol. The van der Waals surface area contributed by atoms with E-state index >= 15 is 0 Å². The highest BCUT2D eigenvalue weighted by Gasteiger charge is 2.11. The van der Waals surface area contributed by atoms with Gasteiger partial charge in [-0.05, 0) is 11.6 Å². The van der Waals surface area contributed by atoms with Crippen LogP contribution in [0, 0.1) is 5.82 Å². The van der Waals surface area contributed by atoms with Gasteiger partial charge in [-0.1, -0.05) is 29.8 Å². The summed E-state index contributed by atoms with van der Waals surface area (Å²) in [5.41, 5.74) is 0.178. The average Bonchev–Trinajstić information content (AvgIpc) is 2.31. The summed E-state index contributed by atoms with van der Waals surface area (Å²) in [6.07, 6.45) is 0.0908. The van der Waals surface area contributed by atoms with Gasteiger partial charge >= 0.3 is 5.97 Å². The van der Waals surface area contributed by atoms with Crippen molar-refractivity contribution in [3.8, 4) is 0 Å². The molecule has 0 fully saturated rings. The Labute approximate surface area is 107 Å². The number of hydrogen-bond donors (Lipinski definition) is 1. The molecule has 0 aliphatic carbocycles. The maximum absolute atomic E-state index is 13.4. The van der Waals surface area contributed by atoms with Crippen LogP contribution in [0.15, 0.2) is 30.3 Å². The Morgan fingerprint density at radius 3 is 2.72 bits per heavy atom. The lowest BCUT2D eigenvalue weighted by Crippen LogP contribution is -2.06. The molecule has 0 radical (unpaired) electrons. The molecule has 0 unspecified atom stereocenters. The van der Waals surface area contributed by atoms with Crippen LogP contribution in [-0.4, -0.2) is 21.0 Å². The molecular weight excluding hydrogens is 259 g/mol. The van der Waals surface area contributed by atoms with Crippen LogP contribution in [0.4, 0.5) is 4.39 Å². The quantitative estimate of drug-likeness (QED) is 0.867. The first-order chi connectivity index (χ1) is 8.56. The molecule has 0 atom stereocenters. The molecular formula is C12H8ClFN2O2. The van der Waals surface area contributed by atoms with Gasteiger partial charge in [-0.3, -0.25) is 0 Å². The third-order valence-electron chi connectivity index (χ3n) is 2.27. The smallest absolute Gasteiger partial charge is 0.354 e. The Hall–Kier alpha value is -2.01. The van der Waals surface area contributed by atoms with Crippen molar-refractivity contribution >= 4 is 17.6 Å². The van der Waals surface area contributed by atoms with Crippen LogP contribution >= 0.6 is 11.6 Å². The molecule has 0 saturated heterocycles. The molecule has 1 aromatic heterocycles. The molecule has 0 aliphatic heterocycles. The van der Waals surface area contributed by atoms with E-state index in [2.05, 4.69) is 9.97 Å². The molecule has 0 spiro atoms. The summed E-state index contributed by atoms with van der Waals surface area (Å²) in [6, 6.07) is 7.30. The lowest BCUT2D eigenvalue weighted by Gasteiger charge is -2.03. The molecule has 0 aliphatic rings. The maximum atomic E-state index is 13.4. The molecule has 0 bridgehead atoms. The minimum Gasteiger partial charge on any atom is -0.477 e. The van der Waals surface area contributed by atoms with E-state index in [-0.39, 0.29) is 23.1 Å². The van der Waals surface area contributed by atoms with E-state index in [9.17, 15) is 9.18 Å². The number of benzene rings is 1. The fraction of sp³-hybridized carbons (Fsp3) is 0.0833. The van der Waals surface area contributed by atoms with Crippen LogP contribution in [0.25, 0.3) is 0 Å². The fourth-order valence-corrected chi connectivity index (χ4v) is 1.67. The van der Waals surface area contributed by atoms with E-state index in [1.807, 2.05) is 0 Å². The molecule has 18 heavy (non-hydrogen) atoms. The third-order valence-corrected chi connectivity index (χ3v) is 2.46. The number of carbonyl (C=O) groups is 1.